The largest absolute Gasteiger partial charge is 0.457 e. The molecule has 0 aliphatic carbocycles. The van der Waals surface area contributed by atoms with Gasteiger partial charge < -0.3 is 29.6 Å². The average molecular weight is 797 g/mol. The first-order valence-corrected chi connectivity index (χ1v) is 17.9. The van der Waals surface area contributed by atoms with Crippen LogP contribution in [0.15, 0.2) is 94.7 Å². The number of carbonyl (C=O) groups excluding carboxylic acids is 2. The van der Waals surface area contributed by atoms with Crippen molar-refractivity contribution < 1.29 is 63.3 Å². The van der Waals surface area contributed by atoms with Gasteiger partial charge in [-0.3, -0.25) is 0 Å². The summed E-state index contributed by atoms with van der Waals surface area (Å²) in [5.74, 6) is -1.45. The van der Waals surface area contributed by atoms with Crippen molar-refractivity contribution in [2.24, 2.45) is 0 Å². The molecule has 0 saturated heterocycles. The molecule has 2 N–H and O–H groups in total. The zero-order valence-electron chi connectivity index (χ0n) is 30.4. The van der Waals surface area contributed by atoms with Crippen LogP contribution >= 0.6 is 0 Å². The fourth-order valence-corrected chi connectivity index (χ4v) is 5.99. The van der Waals surface area contributed by atoms with Gasteiger partial charge in [-0.1, -0.05) is 12.1 Å². The van der Waals surface area contributed by atoms with E-state index in [4.69, 9.17) is 18.9 Å². The normalized spacial score (nSPS) is 12.4. The smallest absolute Gasteiger partial charge is 0.419 e. The van der Waals surface area contributed by atoms with E-state index in [9.17, 15) is 44.3 Å². The van der Waals surface area contributed by atoms with Crippen LogP contribution in [-0.4, -0.2) is 31.8 Å². The molecule has 0 saturated carbocycles. The maximum Gasteiger partial charge on any atom is 0.419 e. The lowest BCUT2D eigenvalue weighted by Gasteiger charge is -2.20. The quantitative estimate of drug-likeness (QED) is 0.152. The van der Waals surface area contributed by atoms with Crippen molar-refractivity contribution >= 4 is 22.0 Å². The number of alkyl halides is 6. The minimum absolute atomic E-state index is 0.130. The van der Waals surface area contributed by atoms with Gasteiger partial charge in [-0.25, -0.2) is 18.0 Å². The Morgan fingerprint density at radius 1 is 0.545 bits per heavy atom. The maximum atomic E-state index is 13.8. The minimum atomic E-state index is -4.80. The Labute approximate surface area is 313 Å². The molecule has 0 aromatic heterocycles. The third-order valence-electron chi connectivity index (χ3n) is 7.10. The third-order valence-corrected chi connectivity index (χ3v) is 8.88. The number of alkyl carbamates (subject to hydrolysis) is 2. The minimum Gasteiger partial charge on any atom is -0.457 e. The Morgan fingerprint density at radius 2 is 0.873 bits per heavy atom. The number of amides is 2. The number of nitrogens with one attached hydrogen (secondary N) is 2. The molecular formula is C38H38F6N2O8S. The number of rotatable bonds is 10. The van der Waals surface area contributed by atoms with Gasteiger partial charge in [-0.2, -0.15) is 26.3 Å². The van der Waals surface area contributed by atoms with E-state index in [-0.39, 0.29) is 45.5 Å². The molecule has 4 rings (SSSR count). The van der Waals surface area contributed by atoms with E-state index in [0.717, 1.165) is 84.9 Å². The molecule has 0 spiro atoms. The molecule has 0 heterocycles. The molecule has 55 heavy (non-hydrogen) atoms. The lowest BCUT2D eigenvalue weighted by atomic mass is 10.1. The second kappa shape index (κ2) is 16.1. The van der Waals surface area contributed by atoms with E-state index in [0.29, 0.717) is 0 Å². The first kappa shape index (κ1) is 42.3. The van der Waals surface area contributed by atoms with Crippen LogP contribution in [-0.2, 0) is 44.8 Å². The summed E-state index contributed by atoms with van der Waals surface area (Å²) < 4.78 is 131. The summed E-state index contributed by atoms with van der Waals surface area (Å²) in [6.07, 6.45) is -11.2. The number of hydrogen-bond donors (Lipinski definition) is 2. The van der Waals surface area contributed by atoms with Crippen molar-refractivity contribution in [2.45, 2.75) is 88.0 Å². The van der Waals surface area contributed by atoms with Gasteiger partial charge in [0.1, 0.15) is 34.2 Å². The first-order valence-electron chi connectivity index (χ1n) is 16.4. The number of hydrogen-bond acceptors (Lipinski definition) is 8. The Kier molecular flexibility index (Phi) is 12.4. The van der Waals surface area contributed by atoms with Gasteiger partial charge in [-0.05, 0) is 125 Å². The molecular weight excluding hydrogens is 758 g/mol. The van der Waals surface area contributed by atoms with Crippen LogP contribution in [0.2, 0.25) is 0 Å². The summed E-state index contributed by atoms with van der Waals surface area (Å²) in [7, 11) is -4.23. The lowest BCUT2D eigenvalue weighted by Crippen LogP contribution is -2.32. The van der Waals surface area contributed by atoms with E-state index in [1.165, 1.54) is 0 Å². The van der Waals surface area contributed by atoms with Crippen LogP contribution < -0.4 is 20.1 Å². The molecule has 0 aliphatic heterocycles. The molecule has 10 nitrogen and oxygen atoms in total. The van der Waals surface area contributed by atoms with E-state index < -0.39 is 68.2 Å². The van der Waals surface area contributed by atoms with Crippen LogP contribution in [0.25, 0.3) is 0 Å². The second-order valence-electron chi connectivity index (χ2n) is 14.0. The fourth-order valence-electron chi connectivity index (χ4n) is 4.73. The van der Waals surface area contributed by atoms with Gasteiger partial charge in [0.15, 0.2) is 0 Å². The highest BCUT2D eigenvalue weighted by atomic mass is 32.2. The van der Waals surface area contributed by atoms with E-state index in [1.807, 2.05) is 0 Å². The highest BCUT2D eigenvalue weighted by molar-refractivity contribution is 7.91. The van der Waals surface area contributed by atoms with E-state index >= 15 is 0 Å². The standard InChI is InChI=1S/C38H38F6N2O8S/c1-35(2,3)53-33(47)45-21-23-7-17-29(37(39,40)41)31(19-23)51-25-9-13-27(14-10-25)55(49,50)28-15-11-26(12-16-28)52-32-20-24(8-18-30(32)38(42,43)44)22-46-34(48)54-36(4,5)6/h7-20H,21-22H2,1-6H3,(H,45,47)(H,46,48). The van der Waals surface area contributed by atoms with Gasteiger partial charge in [0.25, 0.3) is 0 Å². The topological polar surface area (TPSA) is 129 Å². The predicted molar refractivity (Wildman–Crippen MR) is 188 cm³/mol. The molecule has 0 aliphatic rings. The predicted octanol–water partition coefficient (Wildman–Crippen LogP) is 10.2. The zero-order valence-corrected chi connectivity index (χ0v) is 31.3. The van der Waals surface area contributed by atoms with Crippen LogP contribution in [0.1, 0.15) is 63.8 Å². The molecule has 296 valence electrons. The maximum absolute atomic E-state index is 13.8. The third kappa shape index (κ3) is 12.3. The van der Waals surface area contributed by atoms with Crippen molar-refractivity contribution in [3.8, 4) is 23.0 Å². The SMILES string of the molecule is CC(C)(C)OC(=O)NCc1ccc(C(F)(F)F)c(Oc2ccc(S(=O)(=O)c3ccc(Oc4cc(CNC(=O)OC(C)(C)C)ccc4C(F)(F)F)cc3)cc2)c1. The Balaban J connectivity index is 1.50. The number of halogens is 6. The summed E-state index contributed by atoms with van der Waals surface area (Å²) in [5, 5.41) is 4.90. The molecule has 2 amide bonds. The molecule has 0 unspecified atom stereocenters. The van der Waals surface area contributed by atoms with Crippen molar-refractivity contribution in [3.63, 3.8) is 0 Å². The molecule has 0 atom stereocenters. The second-order valence-corrected chi connectivity index (χ2v) is 16.0. The Hall–Kier alpha value is -5.45. The van der Waals surface area contributed by atoms with Gasteiger partial charge in [0.2, 0.25) is 9.84 Å². The number of benzene rings is 4. The van der Waals surface area contributed by atoms with Crippen molar-refractivity contribution in [2.75, 3.05) is 0 Å². The summed E-state index contributed by atoms with van der Waals surface area (Å²) in [5.41, 5.74) is -3.28. The zero-order chi connectivity index (χ0) is 41.0. The molecule has 4 aromatic rings. The number of carbonyl (C=O) groups is 2. The lowest BCUT2D eigenvalue weighted by molar-refractivity contribution is -0.139. The summed E-state index contributed by atoms with van der Waals surface area (Å²) in [6, 6.07) is 15.1. The average Bonchev–Trinajstić information content (AvgIpc) is 3.04. The molecule has 0 radical (unpaired) electrons. The van der Waals surface area contributed by atoms with Gasteiger partial charge in [0.05, 0.1) is 20.9 Å². The first-order chi connectivity index (χ1) is 25.3. The Bertz CT molecular complexity index is 1960. The summed E-state index contributed by atoms with van der Waals surface area (Å²) >= 11 is 0. The van der Waals surface area contributed by atoms with E-state index in [1.54, 1.807) is 41.5 Å². The van der Waals surface area contributed by atoms with Crippen molar-refractivity contribution in [1.82, 2.24) is 10.6 Å². The molecule has 17 heteroatoms. The van der Waals surface area contributed by atoms with Crippen molar-refractivity contribution in [1.29, 1.82) is 0 Å². The number of sulfone groups is 1. The van der Waals surface area contributed by atoms with Crippen LogP contribution in [0.4, 0.5) is 35.9 Å². The highest BCUT2D eigenvalue weighted by Crippen LogP contribution is 2.40. The fraction of sp³-hybridized carbons (Fsp3) is 0.316. The van der Waals surface area contributed by atoms with Gasteiger partial charge in [0, 0.05) is 13.1 Å². The van der Waals surface area contributed by atoms with E-state index in [2.05, 4.69) is 10.6 Å². The Morgan fingerprint density at radius 3 is 1.16 bits per heavy atom. The molecule has 4 aromatic carbocycles. The van der Waals surface area contributed by atoms with Gasteiger partial charge in [-0.15, -0.1) is 0 Å². The monoisotopic (exact) mass is 796 g/mol. The molecule has 0 fully saturated rings. The van der Waals surface area contributed by atoms with Crippen LogP contribution in [0.3, 0.4) is 0 Å². The summed E-state index contributed by atoms with van der Waals surface area (Å²) in [4.78, 5) is 23.5. The van der Waals surface area contributed by atoms with Gasteiger partial charge >= 0.3 is 24.5 Å². The highest BCUT2D eigenvalue weighted by Gasteiger charge is 2.36. The van der Waals surface area contributed by atoms with Crippen molar-refractivity contribution in [3.05, 3.63) is 107 Å². The summed E-state index contributed by atoms with van der Waals surface area (Å²) in [6.45, 7) is 9.55. The van der Waals surface area contributed by atoms with Crippen LogP contribution in [0.5, 0.6) is 23.0 Å². The molecule has 0 bridgehead atoms. The van der Waals surface area contributed by atoms with Crippen LogP contribution in [0, 0.1) is 0 Å². The number of ether oxygens (including phenoxy) is 4.